The van der Waals surface area contributed by atoms with Gasteiger partial charge in [-0.1, -0.05) is 13.0 Å². The Morgan fingerprint density at radius 1 is 1.28 bits per heavy atom. The molecule has 0 aromatic heterocycles. The molecule has 0 saturated carbocycles. The second kappa shape index (κ2) is 7.95. The molecule has 1 aromatic carbocycles. The molecule has 1 rings (SSSR count). The second-order valence-corrected chi connectivity index (χ2v) is 4.09. The van der Waals surface area contributed by atoms with Crippen LogP contribution in [0.15, 0.2) is 18.2 Å². The number of hydrogen-bond donors (Lipinski definition) is 2. The maximum absolute atomic E-state index is 9.12. The number of ether oxygens (including phenoxy) is 2. The summed E-state index contributed by atoms with van der Waals surface area (Å²) in [5.74, 6) is 1.51. The van der Waals surface area contributed by atoms with Gasteiger partial charge >= 0.3 is 0 Å². The summed E-state index contributed by atoms with van der Waals surface area (Å²) < 4.78 is 10.8. The Kier molecular flexibility index (Phi) is 6.54. The average Bonchev–Trinajstić information content (AvgIpc) is 2.40. The summed E-state index contributed by atoms with van der Waals surface area (Å²) in [6, 6.07) is 6.02. The fourth-order valence-corrected chi connectivity index (χ4v) is 1.70. The van der Waals surface area contributed by atoms with Crippen LogP contribution in [0.2, 0.25) is 0 Å². The highest BCUT2D eigenvalue weighted by Crippen LogP contribution is 2.27. The molecular formula is C14H23NO3. The molecule has 0 fully saturated rings. The fraction of sp³-hybridized carbons (Fsp3) is 0.571. The van der Waals surface area contributed by atoms with Crippen molar-refractivity contribution in [3.8, 4) is 11.5 Å². The second-order valence-electron chi connectivity index (χ2n) is 4.09. The molecule has 2 N–H and O–H groups in total. The molecule has 102 valence electrons. The van der Waals surface area contributed by atoms with Crippen LogP contribution in [0.1, 0.15) is 25.8 Å². The quantitative estimate of drug-likeness (QED) is 0.743. The minimum Gasteiger partial charge on any atom is -0.493 e. The van der Waals surface area contributed by atoms with E-state index in [1.54, 1.807) is 7.11 Å². The number of nitrogens with one attached hydrogen (secondary N) is 1. The highest BCUT2D eigenvalue weighted by Gasteiger charge is 2.07. The lowest BCUT2D eigenvalue weighted by atomic mass is 10.1. The Morgan fingerprint density at radius 2 is 2.06 bits per heavy atom. The lowest BCUT2D eigenvalue weighted by Crippen LogP contribution is -2.31. The van der Waals surface area contributed by atoms with E-state index < -0.39 is 0 Å². The maximum Gasteiger partial charge on any atom is 0.161 e. The van der Waals surface area contributed by atoms with Gasteiger partial charge in [-0.2, -0.15) is 0 Å². The van der Waals surface area contributed by atoms with Crippen LogP contribution < -0.4 is 14.8 Å². The van der Waals surface area contributed by atoms with Crippen LogP contribution in [0.25, 0.3) is 0 Å². The molecule has 1 unspecified atom stereocenters. The van der Waals surface area contributed by atoms with E-state index in [4.69, 9.17) is 14.6 Å². The summed E-state index contributed by atoms with van der Waals surface area (Å²) in [5.41, 5.74) is 1.12. The zero-order chi connectivity index (χ0) is 13.4. The van der Waals surface area contributed by atoms with Gasteiger partial charge in [0.1, 0.15) is 0 Å². The van der Waals surface area contributed by atoms with Gasteiger partial charge in [0.2, 0.25) is 0 Å². The van der Waals surface area contributed by atoms with Gasteiger partial charge in [-0.05, 0) is 31.0 Å². The number of aliphatic hydroxyl groups excluding tert-OH is 1. The molecule has 18 heavy (non-hydrogen) atoms. The van der Waals surface area contributed by atoms with Gasteiger partial charge in [0.15, 0.2) is 11.5 Å². The van der Waals surface area contributed by atoms with Crippen molar-refractivity contribution in [3.05, 3.63) is 23.8 Å². The molecule has 1 atom stereocenters. The van der Waals surface area contributed by atoms with E-state index in [1.807, 2.05) is 32.0 Å². The number of rotatable bonds is 8. The molecule has 0 saturated heterocycles. The summed E-state index contributed by atoms with van der Waals surface area (Å²) in [4.78, 5) is 0. The van der Waals surface area contributed by atoms with Crippen molar-refractivity contribution in [2.24, 2.45) is 0 Å². The van der Waals surface area contributed by atoms with Crippen molar-refractivity contribution in [1.82, 2.24) is 5.32 Å². The van der Waals surface area contributed by atoms with Crippen LogP contribution in [0.4, 0.5) is 0 Å². The van der Waals surface area contributed by atoms with Gasteiger partial charge in [0.05, 0.1) is 20.3 Å². The van der Waals surface area contributed by atoms with E-state index in [2.05, 4.69) is 5.32 Å². The molecule has 0 aliphatic carbocycles. The summed E-state index contributed by atoms with van der Waals surface area (Å²) in [5, 5.41) is 12.4. The van der Waals surface area contributed by atoms with Crippen LogP contribution in [-0.2, 0) is 6.54 Å². The first-order valence-electron chi connectivity index (χ1n) is 6.39. The molecule has 4 nitrogen and oxygen atoms in total. The smallest absolute Gasteiger partial charge is 0.161 e. The van der Waals surface area contributed by atoms with Gasteiger partial charge < -0.3 is 19.9 Å². The minimum atomic E-state index is 0.141. The van der Waals surface area contributed by atoms with Crippen molar-refractivity contribution in [3.63, 3.8) is 0 Å². The van der Waals surface area contributed by atoms with Gasteiger partial charge in [0.25, 0.3) is 0 Å². The predicted molar refractivity (Wildman–Crippen MR) is 72.2 cm³/mol. The van der Waals surface area contributed by atoms with Crippen molar-refractivity contribution in [1.29, 1.82) is 0 Å². The molecular weight excluding hydrogens is 230 g/mol. The predicted octanol–water partition coefficient (Wildman–Crippen LogP) is 1.95. The van der Waals surface area contributed by atoms with E-state index >= 15 is 0 Å². The highest BCUT2D eigenvalue weighted by molar-refractivity contribution is 5.42. The van der Waals surface area contributed by atoms with E-state index in [0.29, 0.717) is 13.2 Å². The Hall–Kier alpha value is -1.26. The zero-order valence-corrected chi connectivity index (χ0v) is 11.4. The Morgan fingerprint density at radius 3 is 2.61 bits per heavy atom. The third-order valence-corrected chi connectivity index (χ3v) is 2.84. The lowest BCUT2D eigenvalue weighted by molar-refractivity contribution is 0.238. The molecule has 1 aromatic rings. The SMILES string of the molecule is CCOc1cc(CNC(CC)CO)ccc1OC. The first-order valence-corrected chi connectivity index (χ1v) is 6.39. The molecule has 4 heteroatoms. The van der Waals surface area contributed by atoms with Gasteiger partial charge in [-0.15, -0.1) is 0 Å². The van der Waals surface area contributed by atoms with Crippen LogP contribution >= 0.6 is 0 Å². The maximum atomic E-state index is 9.12. The summed E-state index contributed by atoms with van der Waals surface area (Å²) in [6.45, 7) is 5.48. The lowest BCUT2D eigenvalue weighted by Gasteiger charge is -2.15. The molecule has 0 radical (unpaired) electrons. The van der Waals surface area contributed by atoms with E-state index in [1.165, 1.54) is 0 Å². The summed E-state index contributed by atoms with van der Waals surface area (Å²) >= 11 is 0. The number of methoxy groups -OCH3 is 1. The van der Waals surface area contributed by atoms with Gasteiger partial charge in [0, 0.05) is 12.6 Å². The molecule has 0 heterocycles. The third-order valence-electron chi connectivity index (χ3n) is 2.84. The third kappa shape index (κ3) is 4.20. The minimum absolute atomic E-state index is 0.141. The van der Waals surface area contributed by atoms with Crippen LogP contribution in [0, 0.1) is 0 Å². The number of aliphatic hydroxyl groups is 1. The topological polar surface area (TPSA) is 50.7 Å². The number of hydrogen-bond acceptors (Lipinski definition) is 4. The fourth-order valence-electron chi connectivity index (χ4n) is 1.70. The van der Waals surface area contributed by atoms with Crippen molar-refractivity contribution in [2.45, 2.75) is 32.9 Å². The van der Waals surface area contributed by atoms with Crippen molar-refractivity contribution < 1.29 is 14.6 Å². The van der Waals surface area contributed by atoms with Crippen molar-refractivity contribution in [2.75, 3.05) is 20.3 Å². The highest BCUT2D eigenvalue weighted by atomic mass is 16.5. The first kappa shape index (κ1) is 14.8. The normalized spacial score (nSPS) is 12.2. The molecule has 0 spiro atoms. The Bertz CT molecular complexity index is 351. The zero-order valence-electron chi connectivity index (χ0n) is 11.4. The molecule has 0 bridgehead atoms. The van der Waals surface area contributed by atoms with Gasteiger partial charge in [-0.3, -0.25) is 0 Å². The monoisotopic (exact) mass is 253 g/mol. The Balaban J connectivity index is 2.69. The van der Waals surface area contributed by atoms with Crippen LogP contribution in [0.3, 0.4) is 0 Å². The largest absolute Gasteiger partial charge is 0.493 e. The van der Waals surface area contributed by atoms with Crippen molar-refractivity contribution >= 4 is 0 Å². The van der Waals surface area contributed by atoms with E-state index in [9.17, 15) is 0 Å². The van der Waals surface area contributed by atoms with Gasteiger partial charge in [-0.25, -0.2) is 0 Å². The molecule has 0 aliphatic rings. The Labute approximate surface area is 109 Å². The summed E-state index contributed by atoms with van der Waals surface area (Å²) in [7, 11) is 1.63. The molecule has 0 aliphatic heterocycles. The van der Waals surface area contributed by atoms with E-state index in [-0.39, 0.29) is 12.6 Å². The van der Waals surface area contributed by atoms with E-state index in [0.717, 1.165) is 23.5 Å². The number of benzene rings is 1. The first-order chi connectivity index (χ1) is 8.74. The summed E-state index contributed by atoms with van der Waals surface area (Å²) in [6.07, 6.45) is 0.908. The van der Waals surface area contributed by atoms with Crippen LogP contribution in [-0.4, -0.2) is 31.5 Å². The standard InChI is InChI=1S/C14H23NO3/c1-4-12(10-16)15-9-11-6-7-13(17-3)14(8-11)18-5-2/h6-8,12,15-16H,4-5,9-10H2,1-3H3. The average molecular weight is 253 g/mol. The van der Waals surface area contributed by atoms with Crippen LogP contribution in [0.5, 0.6) is 11.5 Å². The molecule has 0 amide bonds.